The molecule has 0 atom stereocenters. The van der Waals surface area contributed by atoms with Crippen LogP contribution in [0.2, 0.25) is 0 Å². The van der Waals surface area contributed by atoms with Gasteiger partial charge in [-0.3, -0.25) is 0 Å². The molecule has 4 aromatic rings. The molecule has 0 amide bonds. The first kappa shape index (κ1) is 19.1. The average Bonchev–Trinajstić information content (AvgIpc) is 2.70. The van der Waals surface area contributed by atoms with Gasteiger partial charge in [-0.05, 0) is 41.8 Å². The van der Waals surface area contributed by atoms with E-state index in [1.165, 1.54) is 25.5 Å². The maximum Gasteiger partial charge on any atom is 0.379 e. The van der Waals surface area contributed by atoms with Crippen molar-refractivity contribution < 1.29 is 13.2 Å². The molecule has 0 unspecified atom stereocenters. The Kier molecular flexibility index (Phi) is 6.55. The van der Waals surface area contributed by atoms with Crippen molar-refractivity contribution in [2.24, 2.45) is 0 Å². The van der Waals surface area contributed by atoms with E-state index in [9.17, 15) is 13.2 Å². The van der Waals surface area contributed by atoms with Crippen LogP contribution in [-0.4, -0.2) is 6.68 Å². The summed E-state index contributed by atoms with van der Waals surface area (Å²) in [5.41, 5.74) is 0. The molecule has 0 aliphatic carbocycles. The first-order valence-electron chi connectivity index (χ1n) is 8.41. The van der Waals surface area contributed by atoms with Gasteiger partial charge in [-0.15, -0.1) is 0 Å². The highest BCUT2D eigenvalue weighted by molar-refractivity contribution is 7.97. The summed E-state index contributed by atoms with van der Waals surface area (Å²) in [6.45, 7) is -3.67. The minimum absolute atomic E-state index is 0.0892. The first-order chi connectivity index (χ1) is 13.2. The number of benzene rings is 4. The third-order valence-corrected chi connectivity index (χ3v) is 6.21. The topological polar surface area (TPSA) is 0 Å². The lowest BCUT2D eigenvalue weighted by molar-refractivity contribution is 0.00819. The quantitative estimate of drug-likeness (QED) is 0.331. The van der Waals surface area contributed by atoms with Gasteiger partial charge in [0.2, 0.25) is 0 Å². The highest BCUT2D eigenvalue weighted by Crippen LogP contribution is 2.35. The van der Waals surface area contributed by atoms with Gasteiger partial charge in [0.25, 0.3) is 0 Å². The van der Waals surface area contributed by atoms with Crippen molar-refractivity contribution in [3.05, 3.63) is 103 Å². The van der Waals surface area contributed by atoms with Gasteiger partial charge in [-0.1, -0.05) is 66.7 Å². The normalized spacial score (nSPS) is 10.7. The molecule has 0 spiro atoms. The highest BCUT2D eigenvalue weighted by atomic mass is 32.2. The number of fused-ring (bicyclic) bond motifs is 1. The molecule has 0 radical (unpaired) electrons. The van der Waals surface area contributed by atoms with Crippen LogP contribution in [0.1, 0.15) is 0 Å². The molecule has 0 aliphatic heterocycles. The smallest absolute Gasteiger partial charge is 0.174 e. The van der Waals surface area contributed by atoms with Gasteiger partial charge in [0, 0.05) is 5.39 Å². The molecule has 0 bridgehead atoms. The molecule has 0 heterocycles. The number of halogens is 3. The number of rotatable bonds is 3. The fourth-order valence-corrected chi connectivity index (χ4v) is 5.14. The standard InChI is InChI=1S/C22H17S.CHF3/c1-3-12-19(13-4-1)23(20-14-5-2-6-15-20)22-17-9-11-18-10-7-8-16-21(18)22;2-1(3)4/h1-17H;1H/q+1;. The molecule has 4 aromatic carbocycles. The molecule has 27 heavy (non-hydrogen) atoms. The van der Waals surface area contributed by atoms with Crippen molar-refractivity contribution in [3.63, 3.8) is 0 Å². The average molecular weight is 383 g/mol. The predicted molar refractivity (Wildman–Crippen MR) is 106 cm³/mol. The summed E-state index contributed by atoms with van der Waals surface area (Å²) in [5.74, 6) is 0. The Morgan fingerprint density at radius 2 is 0.963 bits per heavy atom. The molecule has 0 aromatic heterocycles. The third-order valence-electron chi connectivity index (χ3n) is 3.93. The summed E-state index contributed by atoms with van der Waals surface area (Å²) in [6.07, 6.45) is 0. The third kappa shape index (κ3) is 4.92. The van der Waals surface area contributed by atoms with Crippen molar-refractivity contribution in [3.8, 4) is 0 Å². The van der Waals surface area contributed by atoms with Crippen LogP contribution in [0.4, 0.5) is 13.2 Å². The van der Waals surface area contributed by atoms with Crippen molar-refractivity contribution in [1.29, 1.82) is 0 Å². The van der Waals surface area contributed by atoms with E-state index in [-0.39, 0.29) is 10.9 Å². The molecule has 0 saturated heterocycles. The van der Waals surface area contributed by atoms with Crippen LogP contribution < -0.4 is 0 Å². The Bertz CT molecular complexity index is 925. The maximum absolute atomic E-state index is 9.67. The molecule has 136 valence electrons. The van der Waals surface area contributed by atoms with Crippen molar-refractivity contribution in [2.75, 3.05) is 0 Å². The van der Waals surface area contributed by atoms with Crippen molar-refractivity contribution in [1.82, 2.24) is 0 Å². The van der Waals surface area contributed by atoms with E-state index in [2.05, 4.69) is 103 Å². The van der Waals surface area contributed by atoms with Gasteiger partial charge in [-0.2, -0.15) is 13.2 Å². The van der Waals surface area contributed by atoms with Crippen molar-refractivity contribution >= 4 is 21.7 Å². The lowest BCUT2D eigenvalue weighted by atomic mass is 10.1. The van der Waals surface area contributed by atoms with Crippen LogP contribution in [0.3, 0.4) is 0 Å². The zero-order valence-corrected chi connectivity index (χ0v) is 15.3. The molecule has 4 heteroatoms. The molecule has 0 nitrogen and oxygen atoms in total. The van der Waals surface area contributed by atoms with Crippen LogP contribution in [-0.2, 0) is 10.9 Å². The first-order valence-corrected chi connectivity index (χ1v) is 9.63. The van der Waals surface area contributed by atoms with E-state index < -0.39 is 6.68 Å². The summed E-state index contributed by atoms with van der Waals surface area (Å²) in [4.78, 5) is 4.10. The molecule has 0 N–H and O–H groups in total. The molecule has 0 saturated carbocycles. The largest absolute Gasteiger partial charge is 0.379 e. The summed E-state index contributed by atoms with van der Waals surface area (Å²) >= 11 is 0. The minimum Gasteiger partial charge on any atom is -0.174 e. The SMILES string of the molecule is FC(F)F.c1ccc([S+](c2ccccc2)c2cccc3ccccc23)cc1. The molecule has 0 fully saturated rings. The van der Waals surface area contributed by atoms with Gasteiger partial charge in [0.05, 0.1) is 10.9 Å². The second kappa shape index (κ2) is 9.28. The molecule has 0 aliphatic rings. The van der Waals surface area contributed by atoms with Crippen molar-refractivity contribution in [2.45, 2.75) is 21.4 Å². The lowest BCUT2D eigenvalue weighted by Gasteiger charge is -2.10. The Morgan fingerprint density at radius 1 is 0.519 bits per heavy atom. The Morgan fingerprint density at radius 3 is 1.52 bits per heavy atom. The number of hydrogen-bond donors (Lipinski definition) is 0. The van der Waals surface area contributed by atoms with Crippen LogP contribution >= 0.6 is 0 Å². The van der Waals surface area contributed by atoms with E-state index in [4.69, 9.17) is 0 Å². The zero-order chi connectivity index (χ0) is 19.1. The summed E-state index contributed by atoms with van der Waals surface area (Å²) < 4.78 is 29.0. The maximum atomic E-state index is 9.67. The molecule has 4 rings (SSSR count). The van der Waals surface area contributed by atoms with Gasteiger partial charge in [0.1, 0.15) is 0 Å². The number of hydrogen-bond acceptors (Lipinski definition) is 0. The summed E-state index contributed by atoms with van der Waals surface area (Å²) in [7, 11) is -0.0892. The summed E-state index contributed by atoms with van der Waals surface area (Å²) in [5, 5.41) is 2.64. The monoisotopic (exact) mass is 383 g/mol. The fourth-order valence-electron chi connectivity index (χ4n) is 2.88. The van der Waals surface area contributed by atoms with Gasteiger partial charge in [-0.25, -0.2) is 0 Å². The predicted octanol–water partition coefficient (Wildman–Crippen LogP) is 7.11. The Labute approximate surface area is 159 Å². The van der Waals surface area contributed by atoms with Gasteiger partial charge in [0.15, 0.2) is 14.7 Å². The Hall–Kier alpha value is -2.72. The minimum atomic E-state index is -3.67. The Balaban J connectivity index is 0.000000481. The highest BCUT2D eigenvalue weighted by Gasteiger charge is 2.29. The van der Waals surface area contributed by atoms with Gasteiger partial charge < -0.3 is 0 Å². The van der Waals surface area contributed by atoms with Crippen LogP contribution in [0, 0.1) is 0 Å². The molecular weight excluding hydrogens is 365 g/mol. The van der Waals surface area contributed by atoms with E-state index >= 15 is 0 Å². The second-order valence-corrected chi connectivity index (χ2v) is 7.65. The summed E-state index contributed by atoms with van der Waals surface area (Å²) in [6, 6.07) is 36.9. The second-order valence-electron chi connectivity index (χ2n) is 5.66. The van der Waals surface area contributed by atoms with E-state index in [0.717, 1.165) is 0 Å². The van der Waals surface area contributed by atoms with Crippen LogP contribution in [0.15, 0.2) is 118 Å². The lowest BCUT2D eigenvalue weighted by Crippen LogP contribution is -2.05. The van der Waals surface area contributed by atoms with Crippen LogP contribution in [0.25, 0.3) is 10.8 Å². The van der Waals surface area contributed by atoms with E-state index in [0.29, 0.717) is 0 Å². The molecular formula is C23H18F3S+. The fraction of sp³-hybridized carbons (Fsp3) is 0.0435. The van der Waals surface area contributed by atoms with E-state index in [1.54, 1.807) is 0 Å². The number of alkyl halides is 3. The van der Waals surface area contributed by atoms with Gasteiger partial charge >= 0.3 is 6.68 Å². The van der Waals surface area contributed by atoms with Crippen LogP contribution in [0.5, 0.6) is 0 Å². The zero-order valence-electron chi connectivity index (χ0n) is 14.4. The van der Waals surface area contributed by atoms with E-state index in [1.807, 2.05) is 0 Å².